The van der Waals surface area contributed by atoms with E-state index in [-0.39, 0.29) is 5.69 Å². The van der Waals surface area contributed by atoms with Gasteiger partial charge in [-0.15, -0.1) is 5.10 Å². The molecule has 86 valence electrons. The molecular formula is C10H7ClN4OS. The Hall–Kier alpha value is -1.71. The first-order chi connectivity index (χ1) is 8.11. The van der Waals surface area contributed by atoms with Gasteiger partial charge in [0.15, 0.2) is 5.16 Å². The first kappa shape index (κ1) is 11.8. The van der Waals surface area contributed by atoms with Gasteiger partial charge in [0.1, 0.15) is 6.07 Å². The van der Waals surface area contributed by atoms with Crippen molar-refractivity contribution in [3.8, 4) is 6.07 Å². The Labute approximate surface area is 106 Å². The standard InChI is InChI=1S/C10H7ClN4OS/c1-15-9(16)13-14-10(15)17-8-4-7(11)3-2-6(8)5-12/h2-4H,1H3,(H,13,16). The maximum atomic E-state index is 11.2. The summed E-state index contributed by atoms with van der Waals surface area (Å²) in [6.07, 6.45) is 0. The van der Waals surface area contributed by atoms with Crippen molar-refractivity contribution in [3.63, 3.8) is 0 Å². The van der Waals surface area contributed by atoms with Crippen LogP contribution in [0.1, 0.15) is 5.56 Å². The number of rotatable bonds is 2. The maximum Gasteiger partial charge on any atom is 0.343 e. The van der Waals surface area contributed by atoms with Gasteiger partial charge in [-0.05, 0) is 30.0 Å². The highest BCUT2D eigenvalue weighted by molar-refractivity contribution is 7.99. The Morgan fingerprint density at radius 2 is 2.35 bits per heavy atom. The molecule has 0 aliphatic carbocycles. The van der Waals surface area contributed by atoms with Crippen molar-refractivity contribution in [3.05, 3.63) is 39.3 Å². The van der Waals surface area contributed by atoms with E-state index in [1.54, 1.807) is 25.2 Å². The predicted molar refractivity (Wildman–Crippen MR) is 64.1 cm³/mol. The number of nitriles is 1. The fourth-order valence-corrected chi connectivity index (χ4v) is 2.35. The zero-order valence-corrected chi connectivity index (χ0v) is 10.3. The highest BCUT2D eigenvalue weighted by Crippen LogP contribution is 2.30. The number of nitrogens with zero attached hydrogens (tertiary/aromatic N) is 3. The van der Waals surface area contributed by atoms with Crippen LogP contribution in [0.4, 0.5) is 0 Å². The lowest BCUT2D eigenvalue weighted by Gasteiger charge is -2.02. The first-order valence-corrected chi connectivity index (χ1v) is 5.80. The highest BCUT2D eigenvalue weighted by Gasteiger charge is 2.10. The second kappa shape index (κ2) is 4.65. The molecule has 1 heterocycles. The summed E-state index contributed by atoms with van der Waals surface area (Å²) < 4.78 is 1.37. The average Bonchev–Trinajstić information content (AvgIpc) is 2.61. The summed E-state index contributed by atoms with van der Waals surface area (Å²) in [7, 11) is 1.60. The van der Waals surface area contributed by atoms with E-state index in [1.807, 2.05) is 0 Å². The molecule has 1 aromatic carbocycles. The molecule has 0 aliphatic rings. The lowest BCUT2D eigenvalue weighted by Crippen LogP contribution is -2.12. The van der Waals surface area contributed by atoms with Gasteiger partial charge in [0.05, 0.1) is 5.56 Å². The summed E-state index contributed by atoms with van der Waals surface area (Å²) in [6.45, 7) is 0. The Morgan fingerprint density at radius 3 is 2.94 bits per heavy atom. The highest BCUT2D eigenvalue weighted by atomic mass is 35.5. The molecule has 0 atom stereocenters. The van der Waals surface area contributed by atoms with E-state index < -0.39 is 0 Å². The molecule has 2 rings (SSSR count). The van der Waals surface area contributed by atoms with E-state index in [0.29, 0.717) is 20.6 Å². The molecule has 5 nitrogen and oxygen atoms in total. The zero-order chi connectivity index (χ0) is 12.4. The van der Waals surface area contributed by atoms with Crippen LogP contribution in [0, 0.1) is 11.3 Å². The maximum absolute atomic E-state index is 11.2. The van der Waals surface area contributed by atoms with E-state index >= 15 is 0 Å². The molecule has 0 saturated carbocycles. The second-order valence-corrected chi connectivity index (χ2v) is 4.67. The van der Waals surface area contributed by atoms with Gasteiger partial charge >= 0.3 is 5.69 Å². The number of halogens is 1. The molecule has 2 aromatic rings. The van der Waals surface area contributed by atoms with E-state index in [2.05, 4.69) is 16.3 Å². The number of hydrogen-bond donors (Lipinski definition) is 1. The van der Waals surface area contributed by atoms with Crippen molar-refractivity contribution in [1.82, 2.24) is 14.8 Å². The molecule has 0 saturated heterocycles. The van der Waals surface area contributed by atoms with Gasteiger partial charge in [-0.25, -0.2) is 9.89 Å². The Kier molecular flexibility index (Phi) is 3.22. The molecule has 0 unspecified atom stereocenters. The normalized spacial score (nSPS) is 10.2. The third-order valence-corrected chi connectivity index (χ3v) is 3.44. The van der Waals surface area contributed by atoms with Gasteiger partial charge < -0.3 is 0 Å². The number of benzene rings is 1. The fraction of sp³-hybridized carbons (Fsp3) is 0.100. The average molecular weight is 267 g/mol. The van der Waals surface area contributed by atoms with Crippen molar-refractivity contribution in [2.24, 2.45) is 7.05 Å². The number of aromatic nitrogens is 3. The smallest absolute Gasteiger partial charge is 0.273 e. The fourth-order valence-electron chi connectivity index (χ4n) is 1.20. The van der Waals surface area contributed by atoms with Crippen LogP contribution >= 0.6 is 23.4 Å². The quantitative estimate of drug-likeness (QED) is 0.899. The van der Waals surface area contributed by atoms with Crippen LogP contribution in [0.5, 0.6) is 0 Å². The minimum Gasteiger partial charge on any atom is -0.273 e. The van der Waals surface area contributed by atoms with Crippen molar-refractivity contribution >= 4 is 23.4 Å². The van der Waals surface area contributed by atoms with Crippen LogP contribution in [0.3, 0.4) is 0 Å². The molecule has 0 spiro atoms. The Bertz CT molecular complexity index is 655. The zero-order valence-electron chi connectivity index (χ0n) is 8.77. The van der Waals surface area contributed by atoms with Crippen molar-refractivity contribution in [1.29, 1.82) is 5.26 Å². The van der Waals surface area contributed by atoms with Crippen LogP contribution in [0.15, 0.2) is 33.0 Å². The lowest BCUT2D eigenvalue weighted by atomic mass is 10.2. The summed E-state index contributed by atoms with van der Waals surface area (Å²) in [4.78, 5) is 11.9. The monoisotopic (exact) mass is 266 g/mol. The Balaban J connectivity index is 2.43. The molecule has 0 fully saturated rings. The van der Waals surface area contributed by atoms with Crippen LogP contribution < -0.4 is 5.69 Å². The number of nitrogens with one attached hydrogen (secondary N) is 1. The molecule has 0 aliphatic heterocycles. The molecule has 1 aromatic heterocycles. The summed E-state index contributed by atoms with van der Waals surface area (Å²) in [5.74, 6) is 0. The number of hydrogen-bond acceptors (Lipinski definition) is 4. The first-order valence-electron chi connectivity index (χ1n) is 4.60. The van der Waals surface area contributed by atoms with Gasteiger partial charge in [0.25, 0.3) is 0 Å². The van der Waals surface area contributed by atoms with E-state index in [0.717, 1.165) is 0 Å². The molecule has 7 heteroatoms. The minimum atomic E-state index is -0.298. The summed E-state index contributed by atoms with van der Waals surface area (Å²) >= 11 is 7.08. The molecule has 0 amide bonds. The van der Waals surface area contributed by atoms with Crippen molar-refractivity contribution < 1.29 is 0 Å². The van der Waals surface area contributed by atoms with Crippen molar-refractivity contribution in [2.75, 3.05) is 0 Å². The van der Waals surface area contributed by atoms with Crippen LogP contribution in [-0.4, -0.2) is 14.8 Å². The van der Waals surface area contributed by atoms with Gasteiger partial charge in [-0.2, -0.15) is 5.26 Å². The molecule has 0 bridgehead atoms. The lowest BCUT2D eigenvalue weighted by molar-refractivity contribution is 0.766. The van der Waals surface area contributed by atoms with E-state index in [9.17, 15) is 4.79 Å². The van der Waals surface area contributed by atoms with Gasteiger partial charge in [0.2, 0.25) is 0 Å². The van der Waals surface area contributed by atoms with E-state index in [4.69, 9.17) is 16.9 Å². The van der Waals surface area contributed by atoms with Gasteiger partial charge in [-0.3, -0.25) is 4.57 Å². The number of aromatic amines is 1. The third-order valence-electron chi connectivity index (χ3n) is 2.10. The number of H-pyrrole nitrogens is 1. The Morgan fingerprint density at radius 1 is 1.59 bits per heavy atom. The SMILES string of the molecule is Cn1c(Sc2cc(Cl)ccc2C#N)n[nH]c1=O. The molecule has 17 heavy (non-hydrogen) atoms. The predicted octanol–water partition coefficient (Wildman–Crippen LogP) is 1.78. The van der Waals surface area contributed by atoms with Crippen LogP contribution in [0.25, 0.3) is 0 Å². The van der Waals surface area contributed by atoms with Gasteiger partial charge in [0, 0.05) is 17.0 Å². The van der Waals surface area contributed by atoms with Crippen molar-refractivity contribution in [2.45, 2.75) is 10.1 Å². The largest absolute Gasteiger partial charge is 0.343 e. The van der Waals surface area contributed by atoms with Crippen LogP contribution in [0.2, 0.25) is 5.02 Å². The van der Waals surface area contributed by atoms with E-state index in [1.165, 1.54) is 16.3 Å². The van der Waals surface area contributed by atoms with Crippen LogP contribution in [-0.2, 0) is 7.05 Å². The minimum absolute atomic E-state index is 0.298. The second-order valence-electron chi connectivity index (χ2n) is 3.22. The molecular weight excluding hydrogens is 260 g/mol. The van der Waals surface area contributed by atoms with Gasteiger partial charge in [-0.1, -0.05) is 11.6 Å². The third kappa shape index (κ3) is 2.35. The molecule has 0 radical (unpaired) electrons. The topological polar surface area (TPSA) is 74.5 Å². The summed E-state index contributed by atoms with van der Waals surface area (Å²) in [5, 5.41) is 16.2. The summed E-state index contributed by atoms with van der Waals surface area (Å²) in [6, 6.07) is 7.02. The summed E-state index contributed by atoms with van der Waals surface area (Å²) in [5.41, 5.74) is 0.197. The molecule has 1 N–H and O–H groups in total.